The second kappa shape index (κ2) is 5.57. The molecule has 1 atom stereocenters. The average Bonchev–Trinajstić information content (AvgIpc) is 2.26. The van der Waals surface area contributed by atoms with Gasteiger partial charge in [0, 0.05) is 24.7 Å². The summed E-state index contributed by atoms with van der Waals surface area (Å²) in [6.45, 7) is 6.65. The quantitative estimate of drug-likeness (QED) is 0.706. The van der Waals surface area contributed by atoms with E-state index in [1.807, 2.05) is 6.08 Å². The van der Waals surface area contributed by atoms with Gasteiger partial charge in [0.1, 0.15) is 0 Å². The van der Waals surface area contributed by atoms with Gasteiger partial charge >= 0.3 is 0 Å². The van der Waals surface area contributed by atoms with E-state index in [1.165, 1.54) is 13.0 Å². The van der Waals surface area contributed by atoms with E-state index in [-0.39, 0.29) is 0 Å². The molecule has 0 saturated carbocycles. The van der Waals surface area contributed by atoms with Crippen LogP contribution in [0.3, 0.4) is 0 Å². The first kappa shape index (κ1) is 10.0. The maximum atomic E-state index is 5.48. The standard InChI is InChI=1S/C9H17ClN2/c1-9-8-12(6-2-4-10)7-3-5-11-9/h2,4,9,11H,3,5-8H2,1H3/b4-2+. The molecule has 2 nitrogen and oxygen atoms in total. The van der Waals surface area contributed by atoms with E-state index in [1.54, 1.807) is 5.54 Å². The van der Waals surface area contributed by atoms with Crippen LogP contribution in [0.15, 0.2) is 11.6 Å². The molecule has 0 aromatic heterocycles. The normalized spacial score (nSPS) is 27.7. The molecule has 1 unspecified atom stereocenters. The molecule has 1 aliphatic heterocycles. The van der Waals surface area contributed by atoms with Crippen LogP contribution >= 0.6 is 11.6 Å². The molecule has 1 heterocycles. The SMILES string of the molecule is CC1CN(C/C=C/Cl)CCCN1. The van der Waals surface area contributed by atoms with Crippen LogP contribution < -0.4 is 5.32 Å². The molecule has 1 aliphatic rings. The smallest absolute Gasteiger partial charge is 0.0175 e. The Morgan fingerprint density at radius 1 is 1.67 bits per heavy atom. The lowest BCUT2D eigenvalue weighted by molar-refractivity contribution is 0.301. The summed E-state index contributed by atoms with van der Waals surface area (Å²) in [5.41, 5.74) is 1.60. The number of nitrogens with zero attached hydrogens (tertiary/aromatic N) is 1. The molecule has 1 N–H and O–H groups in total. The van der Waals surface area contributed by atoms with Crippen molar-refractivity contribution in [3.05, 3.63) is 11.6 Å². The van der Waals surface area contributed by atoms with Crippen molar-refractivity contribution in [2.45, 2.75) is 19.4 Å². The highest BCUT2D eigenvalue weighted by Crippen LogP contribution is 2.00. The highest BCUT2D eigenvalue weighted by Gasteiger charge is 2.11. The number of hydrogen-bond donors (Lipinski definition) is 1. The molecule has 1 saturated heterocycles. The molecule has 1 rings (SSSR count). The summed E-state index contributed by atoms with van der Waals surface area (Å²) in [4.78, 5) is 2.42. The van der Waals surface area contributed by atoms with Gasteiger partial charge in [-0.1, -0.05) is 17.7 Å². The summed E-state index contributed by atoms with van der Waals surface area (Å²) in [5, 5.41) is 3.45. The molecule has 70 valence electrons. The fourth-order valence-electron chi connectivity index (χ4n) is 1.55. The van der Waals surface area contributed by atoms with Gasteiger partial charge in [-0.05, 0) is 26.4 Å². The van der Waals surface area contributed by atoms with E-state index in [9.17, 15) is 0 Å². The third-order valence-electron chi connectivity index (χ3n) is 2.13. The van der Waals surface area contributed by atoms with Crippen LogP contribution in [0.1, 0.15) is 13.3 Å². The summed E-state index contributed by atoms with van der Waals surface area (Å²) in [6, 6.07) is 0.608. The van der Waals surface area contributed by atoms with E-state index < -0.39 is 0 Å². The molecule has 0 radical (unpaired) electrons. The average molecular weight is 189 g/mol. The van der Waals surface area contributed by atoms with Crippen LogP contribution in [0.4, 0.5) is 0 Å². The maximum absolute atomic E-state index is 5.48. The van der Waals surface area contributed by atoms with Gasteiger partial charge in [0.2, 0.25) is 0 Å². The summed E-state index contributed by atoms with van der Waals surface area (Å²) in [7, 11) is 0. The van der Waals surface area contributed by atoms with Crippen LogP contribution in [0.2, 0.25) is 0 Å². The van der Waals surface area contributed by atoms with Crippen LogP contribution in [-0.4, -0.2) is 37.1 Å². The Hall–Kier alpha value is -0.0500. The molecular weight excluding hydrogens is 172 g/mol. The predicted molar refractivity (Wildman–Crippen MR) is 53.5 cm³/mol. The maximum Gasteiger partial charge on any atom is 0.0175 e. The van der Waals surface area contributed by atoms with Crippen LogP contribution in [0.5, 0.6) is 0 Å². The first-order chi connectivity index (χ1) is 5.83. The zero-order chi connectivity index (χ0) is 8.81. The molecule has 0 amide bonds. The van der Waals surface area contributed by atoms with Gasteiger partial charge in [0.25, 0.3) is 0 Å². The van der Waals surface area contributed by atoms with Crippen LogP contribution in [-0.2, 0) is 0 Å². The zero-order valence-electron chi connectivity index (χ0n) is 7.59. The Morgan fingerprint density at radius 3 is 3.25 bits per heavy atom. The molecule has 3 heteroatoms. The highest BCUT2D eigenvalue weighted by molar-refractivity contribution is 6.25. The Morgan fingerprint density at radius 2 is 2.50 bits per heavy atom. The van der Waals surface area contributed by atoms with Crippen molar-refractivity contribution in [2.75, 3.05) is 26.2 Å². The lowest BCUT2D eigenvalue weighted by atomic mass is 10.3. The lowest BCUT2D eigenvalue weighted by Crippen LogP contribution is -2.35. The molecule has 0 bridgehead atoms. The second-order valence-electron chi connectivity index (χ2n) is 3.33. The highest BCUT2D eigenvalue weighted by atomic mass is 35.5. The third-order valence-corrected chi connectivity index (χ3v) is 2.31. The molecule has 12 heavy (non-hydrogen) atoms. The molecular formula is C9H17ClN2. The number of hydrogen-bond acceptors (Lipinski definition) is 2. The van der Waals surface area contributed by atoms with E-state index in [0.29, 0.717) is 6.04 Å². The van der Waals surface area contributed by atoms with Crippen molar-refractivity contribution in [2.24, 2.45) is 0 Å². The van der Waals surface area contributed by atoms with E-state index in [2.05, 4.69) is 17.1 Å². The molecule has 0 spiro atoms. The number of halogens is 1. The Kier molecular flexibility index (Phi) is 4.66. The fraction of sp³-hybridized carbons (Fsp3) is 0.778. The Bertz CT molecular complexity index is 147. The minimum atomic E-state index is 0.608. The Labute approximate surface area is 79.6 Å². The van der Waals surface area contributed by atoms with Gasteiger partial charge in [-0.2, -0.15) is 0 Å². The van der Waals surface area contributed by atoms with Gasteiger partial charge in [-0.3, -0.25) is 4.90 Å². The van der Waals surface area contributed by atoms with Crippen LogP contribution in [0.25, 0.3) is 0 Å². The van der Waals surface area contributed by atoms with Gasteiger partial charge in [-0.25, -0.2) is 0 Å². The molecule has 0 aromatic carbocycles. The van der Waals surface area contributed by atoms with Gasteiger partial charge < -0.3 is 5.32 Å². The van der Waals surface area contributed by atoms with Crippen molar-refractivity contribution >= 4 is 11.6 Å². The first-order valence-electron chi connectivity index (χ1n) is 4.54. The van der Waals surface area contributed by atoms with Crippen molar-refractivity contribution in [3.8, 4) is 0 Å². The Balaban J connectivity index is 2.30. The predicted octanol–water partition coefficient (Wildman–Crippen LogP) is 1.42. The first-order valence-corrected chi connectivity index (χ1v) is 4.97. The minimum Gasteiger partial charge on any atom is -0.313 e. The topological polar surface area (TPSA) is 15.3 Å². The molecule has 1 fully saturated rings. The van der Waals surface area contributed by atoms with E-state index in [4.69, 9.17) is 11.6 Å². The minimum absolute atomic E-state index is 0.608. The summed E-state index contributed by atoms with van der Waals surface area (Å²) < 4.78 is 0. The lowest BCUT2D eigenvalue weighted by Gasteiger charge is -2.20. The van der Waals surface area contributed by atoms with Gasteiger partial charge in [-0.15, -0.1) is 0 Å². The van der Waals surface area contributed by atoms with Crippen molar-refractivity contribution in [1.29, 1.82) is 0 Å². The molecule has 0 aromatic rings. The number of nitrogens with one attached hydrogen (secondary N) is 1. The van der Waals surface area contributed by atoms with Gasteiger partial charge in [0.05, 0.1) is 0 Å². The van der Waals surface area contributed by atoms with E-state index >= 15 is 0 Å². The molecule has 0 aliphatic carbocycles. The summed E-state index contributed by atoms with van der Waals surface area (Å²) in [6.07, 6.45) is 3.24. The summed E-state index contributed by atoms with van der Waals surface area (Å²) in [5.74, 6) is 0. The van der Waals surface area contributed by atoms with E-state index in [0.717, 1.165) is 19.6 Å². The van der Waals surface area contributed by atoms with Crippen LogP contribution in [0, 0.1) is 0 Å². The fourth-order valence-corrected chi connectivity index (χ4v) is 1.63. The largest absolute Gasteiger partial charge is 0.313 e. The van der Waals surface area contributed by atoms with Crippen molar-refractivity contribution < 1.29 is 0 Å². The summed E-state index contributed by atoms with van der Waals surface area (Å²) >= 11 is 5.48. The third kappa shape index (κ3) is 3.57. The van der Waals surface area contributed by atoms with Gasteiger partial charge in [0.15, 0.2) is 0 Å². The monoisotopic (exact) mass is 188 g/mol. The van der Waals surface area contributed by atoms with Crippen molar-refractivity contribution in [3.63, 3.8) is 0 Å². The van der Waals surface area contributed by atoms with Crippen molar-refractivity contribution in [1.82, 2.24) is 10.2 Å². The zero-order valence-corrected chi connectivity index (χ0v) is 8.35. The second-order valence-corrected chi connectivity index (χ2v) is 3.58. The number of rotatable bonds is 2.